The van der Waals surface area contributed by atoms with E-state index in [0.29, 0.717) is 17.8 Å². The standard InChI is InChI=1S/C13H14BN3O2S/c14-10-3-1-2-9-8(7-16-12(9)10)6-11(17-19)13(18)15-4-5-20/h1-3,7,16,19-20H,4-6H2,(H,15,18)/b17-11+. The van der Waals surface area contributed by atoms with Gasteiger partial charge in [0.25, 0.3) is 5.91 Å². The van der Waals surface area contributed by atoms with Gasteiger partial charge in [-0.05, 0) is 5.56 Å². The summed E-state index contributed by atoms with van der Waals surface area (Å²) in [5, 5.41) is 15.6. The lowest BCUT2D eigenvalue weighted by Gasteiger charge is -2.05. The van der Waals surface area contributed by atoms with Crippen LogP contribution in [0.15, 0.2) is 29.6 Å². The van der Waals surface area contributed by atoms with Crippen molar-refractivity contribution in [2.24, 2.45) is 5.16 Å². The molecular weight excluding hydrogens is 273 g/mol. The third-order valence-electron chi connectivity index (χ3n) is 2.97. The number of rotatable bonds is 5. The first-order valence-corrected chi connectivity index (χ1v) is 6.75. The highest BCUT2D eigenvalue weighted by Crippen LogP contribution is 2.17. The van der Waals surface area contributed by atoms with Gasteiger partial charge in [0.15, 0.2) is 0 Å². The van der Waals surface area contributed by atoms with Crippen LogP contribution < -0.4 is 10.8 Å². The molecule has 0 unspecified atom stereocenters. The van der Waals surface area contributed by atoms with Crippen molar-refractivity contribution in [1.82, 2.24) is 10.3 Å². The van der Waals surface area contributed by atoms with Gasteiger partial charge in [-0.2, -0.15) is 12.6 Å². The summed E-state index contributed by atoms with van der Waals surface area (Å²) in [7, 11) is 5.86. The summed E-state index contributed by atoms with van der Waals surface area (Å²) in [5.41, 5.74) is 2.35. The molecule has 1 amide bonds. The summed E-state index contributed by atoms with van der Waals surface area (Å²) < 4.78 is 0. The van der Waals surface area contributed by atoms with Gasteiger partial charge in [0.05, 0.1) is 0 Å². The average Bonchev–Trinajstić information content (AvgIpc) is 2.86. The Morgan fingerprint density at radius 3 is 3.00 bits per heavy atom. The lowest BCUT2D eigenvalue weighted by atomic mass is 9.93. The summed E-state index contributed by atoms with van der Waals surface area (Å²) in [5.74, 6) is 0.119. The molecule has 7 heteroatoms. The minimum atomic E-state index is -0.403. The van der Waals surface area contributed by atoms with Crippen molar-refractivity contribution in [3.8, 4) is 0 Å². The Labute approximate surface area is 123 Å². The second-order valence-corrected chi connectivity index (χ2v) is 4.73. The van der Waals surface area contributed by atoms with Crippen LogP contribution in [-0.2, 0) is 11.2 Å². The molecule has 1 aromatic heterocycles. The molecule has 0 aliphatic carbocycles. The van der Waals surface area contributed by atoms with Gasteiger partial charge in [0.2, 0.25) is 0 Å². The highest BCUT2D eigenvalue weighted by atomic mass is 32.1. The summed E-state index contributed by atoms with van der Waals surface area (Å²) in [4.78, 5) is 14.9. The van der Waals surface area contributed by atoms with Gasteiger partial charge in [-0.25, -0.2) is 0 Å². The minimum Gasteiger partial charge on any atom is -0.410 e. The monoisotopic (exact) mass is 287 g/mol. The second kappa shape index (κ2) is 6.52. The molecule has 2 aromatic rings. The molecule has 0 aliphatic rings. The number of H-pyrrole nitrogens is 1. The summed E-state index contributed by atoms with van der Waals surface area (Å²) in [6.45, 7) is 0.418. The third-order valence-corrected chi connectivity index (χ3v) is 3.20. The Balaban J connectivity index is 2.22. The van der Waals surface area contributed by atoms with Crippen LogP contribution in [0.2, 0.25) is 0 Å². The number of hydrogen-bond donors (Lipinski definition) is 4. The number of oxime groups is 1. The quantitative estimate of drug-likeness (QED) is 0.211. The molecule has 2 rings (SSSR count). The molecule has 0 fully saturated rings. The molecule has 1 aromatic carbocycles. The normalized spacial score (nSPS) is 11.8. The summed E-state index contributed by atoms with van der Waals surface area (Å²) in [6.07, 6.45) is 1.98. The smallest absolute Gasteiger partial charge is 0.269 e. The van der Waals surface area contributed by atoms with Crippen LogP contribution >= 0.6 is 12.6 Å². The Hall–Kier alpha value is -1.89. The number of para-hydroxylation sites is 1. The molecular formula is C13H14BN3O2S. The Kier molecular flexibility index (Phi) is 4.73. The molecule has 2 radical (unpaired) electrons. The van der Waals surface area contributed by atoms with E-state index in [2.05, 4.69) is 28.1 Å². The van der Waals surface area contributed by atoms with Crippen LogP contribution in [0.4, 0.5) is 0 Å². The number of carbonyl (C=O) groups is 1. The molecule has 0 saturated carbocycles. The maximum Gasteiger partial charge on any atom is 0.269 e. The first kappa shape index (κ1) is 14.5. The molecule has 0 spiro atoms. The van der Waals surface area contributed by atoms with Crippen molar-refractivity contribution in [3.05, 3.63) is 30.0 Å². The molecule has 5 nitrogen and oxygen atoms in total. The van der Waals surface area contributed by atoms with Crippen LogP contribution in [0.5, 0.6) is 0 Å². The van der Waals surface area contributed by atoms with E-state index in [0.717, 1.165) is 16.5 Å². The predicted molar refractivity (Wildman–Crippen MR) is 83.5 cm³/mol. The van der Waals surface area contributed by atoms with Crippen molar-refractivity contribution in [2.45, 2.75) is 6.42 Å². The first-order valence-electron chi connectivity index (χ1n) is 6.11. The number of benzene rings is 1. The van der Waals surface area contributed by atoms with E-state index in [4.69, 9.17) is 13.1 Å². The molecule has 0 aliphatic heterocycles. The largest absolute Gasteiger partial charge is 0.410 e. The van der Waals surface area contributed by atoms with Gasteiger partial charge >= 0.3 is 0 Å². The van der Waals surface area contributed by atoms with Gasteiger partial charge in [-0.3, -0.25) is 4.79 Å². The van der Waals surface area contributed by atoms with Crippen LogP contribution in [0, 0.1) is 0 Å². The highest BCUT2D eigenvalue weighted by Gasteiger charge is 2.15. The zero-order chi connectivity index (χ0) is 14.5. The zero-order valence-electron chi connectivity index (χ0n) is 10.8. The van der Waals surface area contributed by atoms with Crippen molar-refractivity contribution in [2.75, 3.05) is 12.3 Å². The van der Waals surface area contributed by atoms with E-state index >= 15 is 0 Å². The molecule has 0 atom stereocenters. The minimum absolute atomic E-state index is 0.0510. The van der Waals surface area contributed by atoms with Crippen molar-refractivity contribution >= 4 is 48.5 Å². The van der Waals surface area contributed by atoms with Gasteiger partial charge in [0, 0.05) is 35.8 Å². The molecule has 3 N–H and O–H groups in total. The maximum atomic E-state index is 11.8. The van der Waals surface area contributed by atoms with Crippen molar-refractivity contribution in [3.63, 3.8) is 0 Å². The lowest BCUT2D eigenvalue weighted by Crippen LogP contribution is -2.33. The number of amides is 1. The molecule has 102 valence electrons. The Morgan fingerprint density at radius 2 is 2.30 bits per heavy atom. The number of nitrogens with one attached hydrogen (secondary N) is 2. The first-order chi connectivity index (χ1) is 9.67. The number of aromatic nitrogens is 1. The van der Waals surface area contributed by atoms with E-state index in [-0.39, 0.29) is 12.1 Å². The lowest BCUT2D eigenvalue weighted by molar-refractivity contribution is -0.114. The second-order valence-electron chi connectivity index (χ2n) is 4.29. The molecule has 0 bridgehead atoms. The van der Waals surface area contributed by atoms with Crippen LogP contribution in [0.1, 0.15) is 5.56 Å². The van der Waals surface area contributed by atoms with Crippen LogP contribution in [0.3, 0.4) is 0 Å². The number of aromatic amines is 1. The number of nitrogens with zero attached hydrogens (tertiary/aromatic N) is 1. The molecule has 0 saturated heterocycles. The van der Waals surface area contributed by atoms with Gasteiger partial charge in [-0.15, -0.1) is 0 Å². The van der Waals surface area contributed by atoms with Crippen molar-refractivity contribution < 1.29 is 10.0 Å². The summed E-state index contributed by atoms with van der Waals surface area (Å²) >= 11 is 4.01. The van der Waals surface area contributed by atoms with E-state index in [9.17, 15) is 4.79 Å². The SMILES string of the molecule is [B]c1cccc2c(C/C(=N\O)C(=O)NCCS)c[nH]c12. The number of fused-ring (bicyclic) bond motifs is 1. The van der Waals surface area contributed by atoms with E-state index < -0.39 is 5.91 Å². The number of hydrogen-bond acceptors (Lipinski definition) is 4. The summed E-state index contributed by atoms with van der Waals surface area (Å²) in [6, 6.07) is 5.53. The predicted octanol–water partition coefficient (Wildman–Crippen LogP) is 0.380. The Bertz CT molecular complexity index is 654. The average molecular weight is 287 g/mol. The number of carbonyl (C=O) groups excluding carboxylic acids is 1. The van der Waals surface area contributed by atoms with E-state index in [1.807, 2.05) is 12.1 Å². The fourth-order valence-electron chi connectivity index (χ4n) is 2.00. The fraction of sp³-hybridized carbons (Fsp3) is 0.231. The third kappa shape index (κ3) is 2.99. The van der Waals surface area contributed by atoms with Gasteiger partial charge in [-0.1, -0.05) is 28.8 Å². The molecule has 1 heterocycles. The van der Waals surface area contributed by atoms with Crippen molar-refractivity contribution in [1.29, 1.82) is 0 Å². The highest BCUT2D eigenvalue weighted by molar-refractivity contribution is 7.80. The van der Waals surface area contributed by atoms with Gasteiger partial charge in [0.1, 0.15) is 13.6 Å². The van der Waals surface area contributed by atoms with E-state index in [1.165, 1.54) is 0 Å². The number of thiol groups is 1. The van der Waals surface area contributed by atoms with Gasteiger partial charge < -0.3 is 15.5 Å². The van der Waals surface area contributed by atoms with Crippen LogP contribution in [0.25, 0.3) is 10.9 Å². The van der Waals surface area contributed by atoms with E-state index in [1.54, 1.807) is 12.3 Å². The zero-order valence-corrected chi connectivity index (χ0v) is 11.7. The maximum absolute atomic E-state index is 11.8. The fourth-order valence-corrected chi connectivity index (χ4v) is 2.11. The topological polar surface area (TPSA) is 77.5 Å². The Morgan fingerprint density at radius 1 is 1.50 bits per heavy atom. The molecule has 20 heavy (non-hydrogen) atoms. The van der Waals surface area contributed by atoms with Crippen LogP contribution in [-0.4, -0.2) is 42.0 Å².